The lowest BCUT2D eigenvalue weighted by Gasteiger charge is -2.04. The van der Waals surface area contributed by atoms with Crippen LogP contribution in [0.2, 0.25) is 0 Å². The van der Waals surface area contributed by atoms with Crippen molar-refractivity contribution in [1.29, 1.82) is 0 Å². The van der Waals surface area contributed by atoms with Gasteiger partial charge in [0.05, 0.1) is 0 Å². The van der Waals surface area contributed by atoms with Crippen LogP contribution in [0.15, 0.2) is 11.6 Å². The third-order valence-corrected chi connectivity index (χ3v) is 2.21. The molecule has 1 atom stereocenters. The molecule has 0 aromatic carbocycles. The maximum atomic E-state index is 10.2. The average molecular weight is 168 g/mol. The van der Waals surface area contributed by atoms with Crippen molar-refractivity contribution in [3.8, 4) is 0 Å². The lowest BCUT2D eigenvalue weighted by molar-refractivity contribution is -0.108. The smallest absolute Gasteiger partial charge is 0.120 e. The zero-order chi connectivity index (χ0) is 9.40. The Labute approximate surface area is 75.9 Å². The zero-order valence-corrected chi connectivity index (χ0v) is 8.47. The molecule has 0 aromatic rings. The van der Waals surface area contributed by atoms with Crippen LogP contribution in [0.25, 0.3) is 0 Å². The maximum absolute atomic E-state index is 10.2. The van der Waals surface area contributed by atoms with Crippen LogP contribution in [0, 0.1) is 5.92 Å². The summed E-state index contributed by atoms with van der Waals surface area (Å²) >= 11 is 0. The molecule has 0 amide bonds. The van der Waals surface area contributed by atoms with Gasteiger partial charge in [-0.25, -0.2) is 0 Å². The minimum Gasteiger partial charge on any atom is -0.303 e. The number of carbonyl (C=O) groups excluding carboxylic acids is 1. The Kier molecular flexibility index (Phi) is 6.73. The standard InChI is InChI=1S/C11H20O/c1-4-10(2)6-5-7-11(3)8-9-12/h6,9,11H,4-5,7-8H2,1-3H3. The SMILES string of the molecule is CCC(C)=CCCC(C)CC=O. The van der Waals surface area contributed by atoms with Gasteiger partial charge >= 0.3 is 0 Å². The van der Waals surface area contributed by atoms with E-state index in [-0.39, 0.29) is 0 Å². The van der Waals surface area contributed by atoms with Gasteiger partial charge in [0.1, 0.15) is 6.29 Å². The fraction of sp³-hybridized carbons (Fsp3) is 0.727. The van der Waals surface area contributed by atoms with E-state index in [9.17, 15) is 4.79 Å². The van der Waals surface area contributed by atoms with E-state index in [4.69, 9.17) is 0 Å². The van der Waals surface area contributed by atoms with Crippen molar-refractivity contribution in [2.45, 2.75) is 46.5 Å². The minimum absolute atomic E-state index is 0.545. The maximum Gasteiger partial charge on any atom is 0.120 e. The Morgan fingerprint density at radius 1 is 1.50 bits per heavy atom. The summed E-state index contributed by atoms with van der Waals surface area (Å²) in [6.45, 7) is 6.45. The highest BCUT2D eigenvalue weighted by Gasteiger charge is 1.98. The van der Waals surface area contributed by atoms with E-state index >= 15 is 0 Å². The average Bonchev–Trinajstić information content (AvgIpc) is 2.04. The van der Waals surface area contributed by atoms with Crippen LogP contribution in [0.1, 0.15) is 46.5 Å². The summed E-state index contributed by atoms with van der Waals surface area (Å²) in [7, 11) is 0. The van der Waals surface area contributed by atoms with Crippen molar-refractivity contribution in [3.05, 3.63) is 11.6 Å². The molecule has 0 radical (unpaired) electrons. The summed E-state index contributed by atoms with van der Waals surface area (Å²) in [6, 6.07) is 0. The molecule has 0 bridgehead atoms. The van der Waals surface area contributed by atoms with Crippen LogP contribution in [-0.4, -0.2) is 6.29 Å². The second-order valence-corrected chi connectivity index (χ2v) is 3.49. The molecule has 1 nitrogen and oxygen atoms in total. The van der Waals surface area contributed by atoms with Gasteiger partial charge < -0.3 is 4.79 Å². The summed E-state index contributed by atoms with van der Waals surface area (Å²) in [5.74, 6) is 0.545. The van der Waals surface area contributed by atoms with Crippen molar-refractivity contribution in [3.63, 3.8) is 0 Å². The van der Waals surface area contributed by atoms with E-state index in [0.29, 0.717) is 12.3 Å². The third kappa shape index (κ3) is 6.14. The largest absolute Gasteiger partial charge is 0.303 e. The van der Waals surface area contributed by atoms with Crippen molar-refractivity contribution in [2.24, 2.45) is 5.92 Å². The normalized spacial score (nSPS) is 14.4. The van der Waals surface area contributed by atoms with Gasteiger partial charge in [0.2, 0.25) is 0 Å². The van der Waals surface area contributed by atoms with Crippen molar-refractivity contribution < 1.29 is 4.79 Å². The van der Waals surface area contributed by atoms with Gasteiger partial charge in [0.15, 0.2) is 0 Å². The summed E-state index contributed by atoms with van der Waals surface area (Å²) in [5.41, 5.74) is 1.45. The Hall–Kier alpha value is -0.590. The van der Waals surface area contributed by atoms with Crippen LogP contribution >= 0.6 is 0 Å². The van der Waals surface area contributed by atoms with Crippen molar-refractivity contribution in [1.82, 2.24) is 0 Å². The Morgan fingerprint density at radius 2 is 2.17 bits per heavy atom. The molecule has 70 valence electrons. The first-order chi connectivity index (χ1) is 5.70. The van der Waals surface area contributed by atoms with Crippen LogP contribution in [0.5, 0.6) is 0 Å². The van der Waals surface area contributed by atoms with Gasteiger partial charge in [-0.15, -0.1) is 0 Å². The Morgan fingerprint density at radius 3 is 2.67 bits per heavy atom. The van der Waals surface area contributed by atoms with E-state index in [1.54, 1.807) is 0 Å². The van der Waals surface area contributed by atoms with Crippen LogP contribution in [0.4, 0.5) is 0 Å². The Bertz CT molecular complexity index is 147. The number of rotatable bonds is 6. The lowest BCUT2D eigenvalue weighted by atomic mass is 10.0. The molecule has 0 aliphatic carbocycles. The first-order valence-corrected chi connectivity index (χ1v) is 4.80. The molecule has 0 fully saturated rings. The molecule has 0 heterocycles. The first kappa shape index (κ1) is 11.4. The van der Waals surface area contributed by atoms with Gasteiger partial charge in [-0.05, 0) is 32.1 Å². The minimum atomic E-state index is 0.545. The number of carbonyl (C=O) groups is 1. The molecule has 1 unspecified atom stereocenters. The topological polar surface area (TPSA) is 17.1 Å². The molecule has 12 heavy (non-hydrogen) atoms. The fourth-order valence-electron chi connectivity index (χ4n) is 1.04. The zero-order valence-electron chi connectivity index (χ0n) is 8.47. The summed E-state index contributed by atoms with van der Waals surface area (Å²) < 4.78 is 0. The number of allylic oxidation sites excluding steroid dienone is 2. The predicted octanol–water partition coefficient (Wildman–Crippen LogP) is 3.35. The second kappa shape index (κ2) is 7.08. The number of aldehydes is 1. The number of hydrogen-bond donors (Lipinski definition) is 0. The van der Waals surface area contributed by atoms with Crippen LogP contribution in [0.3, 0.4) is 0 Å². The van der Waals surface area contributed by atoms with Crippen molar-refractivity contribution in [2.75, 3.05) is 0 Å². The molecule has 0 saturated heterocycles. The van der Waals surface area contributed by atoms with E-state index in [2.05, 4.69) is 26.8 Å². The third-order valence-electron chi connectivity index (χ3n) is 2.21. The quantitative estimate of drug-likeness (QED) is 0.439. The fourth-order valence-corrected chi connectivity index (χ4v) is 1.04. The predicted molar refractivity (Wildman–Crippen MR) is 53.1 cm³/mol. The monoisotopic (exact) mass is 168 g/mol. The van der Waals surface area contributed by atoms with E-state index in [0.717, 1.165) is 25.5 Å². The second-order valence-electron chi connectivity index (χ2n) is 3.49. The molecule has 0 rings (SSSR count). The highest BCUT2D eigenvalue weighted by molar-refractivity contribution is 5.49. The molecule has 0 saturated carbocycles. The summed E-state index contributed by atoms with van der Waals surface area (Å²) in [4.78, 5) is 10.2. The van der Waals surface area contributed by atoms with E-state index in [1.165, 1.54) is 5.57 Å². The molecular weight excluding hydrogens is 148 g/mol. The van der Waals surface area contributed by atoms with E-state index < -0.39 is 0 Å². The van der Waals surface area contributed by atoms with Crippen LogP contribution < -0.4 is 0 Å². The van der Waals surface area contributed by atoms with Gasteiger partial charge in [-0.1, -0.05) is 25.5 Å². The number of hydrogen-bond acceptors (Lipinski definition) is 1. The van der Waals surface area contributed by atoms with Gasteiger partial charge in [0.25, 0.3) is 0 Å². The van der Waals surface area contributed by atoms with Crippen molar-refractivity contribution >= 4 is 6.29 Å². The highest BCUT2D eigenvalue weighted by atomic mass is 16.1. The molecular formula is C11H20O. The van der Waals surface area contributed by atoms with Gasteiger partial charge in [0, 0.05) is 6.42 Å². The highest BCUT2D eigenvalue weighted by Crippen LogP contribution is 2.10. The Balaban J connectivity index is 3.47. The molecule has 0 spiro atoms. The first-order valence-electron chi connectivity index (χ1n) is 4.80. The van der Waals surface area contributed by atoms with Gasteiger partial charge in [-0.3, -0.25) is 0 Å². The molecule has 1 heteroatoms. The molecule has 0 aliphatic heterocycles. The summed E-state index contributed by atoms with van der Waals surface area (Å²) in [6.07, 6.45) is 7.40. The van der Waals surface area contributed by atoms with Gasteiger partial charge in [-0.2, -0.15) is 0 Å². The van der Waals surface area contributed by atoms with E-state index in [1.807, 2.05) is 0 Å². The molecule has 0 aromatic heterocycles. The summed E-state index contributed by atoms with van der Waals surface area (Å²) in [5, 5.41) is 0. The van der Waals surface area contributed by atoms with Crippen LogP contribution in [-0.2, 0) is 4.79 Å². The molecule has 0 N–H and O–H groups in total. The lowest BCUT2D eigenvalue weighted by Crippen LogP contribution is -1.94. The molecule has 0 aliphatic rings.